The third-order valence-corrected chi connectivity index (χ3v) is 7.02. The summed E-state index contributed by atoms with van der Waals surface area (Å²) in [5, 5.41) is 0.850. The smallest absolute Gasteiger partial charge is 0.274 e. The molecule has 3 unspecified atom stereocenters. The number of aryl methyl sites for hydroxylation is 2. The summed E-state index contributed by atoms with van der Waals surface area (Å²) in [7, 11) is 0. The van der Waals surface area contributed by atoms with E-state index in [1.54, 1.807) is 4.90 Å². The average molecular weight is 384 g/mol. The summed E-state index contributed by atoms with van der Waals surface area (Å²) in [6.45, 7) is 4.65. The predicted octanol–water partition coefficient (Wildman–Crippen LogP) is 3.41. The van der Waals surface area contributed by atoms with Gasteiger partial charge in [-0.25, -0.2) is 4.98 Å². The number of carbonyl (C=O) groups excluding carboxylic acids is 2. The number of fused-ring (bicyclic) bond motifs is 1. The first-order chi connectivity index (χ1) is 13.0. The summed E-state index contributed by atoms with van der Waals surface area (Å²) in [6.07, 6.45) is 4.14. The number of likely N-dealkylation sites (tertiary alicyclic amines) is 1. The average Bonchev–Trinajstić information content (AvgIpc) is 3.34. The van der Waals surface area contributed by atoms with Crippen molar-refractivity contribution in [2.24, 2.45) is 17.6 Å². The van der Waals surface area contributed by atoms with E-state index in [1.807, 2.05) is 19.1 Å². The van der Waals surface area contributed by atoms with Crippen molar-refractivity contribution in [3.8, 4) is 10.4 Å². The molecule has 6 heteroatoms. The van der Waals surface area contributed by atoms with Crippen LogP contribution in [0, 0.1) is 18.8 Å². The molecule has 0 spiro atoms. The lowest BCUT2D eigenvalue weighted by atomic mass is 9.93. The van der Waals surface area contributed by atoms with Gasteiger partial charge in [-0.3, -0.25) is 9.59 Å². The maximum Gasteiger partial charge on any atom is 0.274 e. The topological polar surface area (TPSA) is 76.3 Å². The van der Waals surface area contributed by atoms with Gasteiger partial charge in [-0.05, 0) is 49.1 Å². The first kappa shape index (κ1) is 18.2. The number of nitrogens with zero attached hydrogens (tertiary/aromatic N) is 2. The Labute approximate surface area is 163 Å². The number of thiazole rings is 1. The first-order valence-corrected chi connectivity index (χ1v) is 10.5. The van der Waals surface area contributed by atoms with Crippen LogP contribution < -0.4 is 5.73 Å². The van der Waals surface area contributed by atoms with Gasteiger partial charge in [-0.1, -0.05) is 37.6 Å². The molecule has 2 amide bonds. The number of benzene rings is 1. The van der Waals surface area contributed by atoms with Crippen molar-refractivity contribution in [1.82, 2.24) is 9.88 Å². The summed E-state index contributed by atoms with van der Waals surface area (Å²) in [4.78, 5) is 32.6. The highest BCUT2D eigenvalue weighted by Gasteiger charge is 2.49. The van der Waals surface area contributed by atoms with Crippen LogP contribution in [-0.2, 0) is 11.2 Å². The van der Waals surface area contributed by atoms with Crippen LogP contribution in [0.25, 0.3) is 10.4 Å². The summed E-state index contributed by atoms with van der Waals surface area (Å²) >= 11 is 1.52. The molecule has 3 atom stereocenters. The number of hydrogen-bond donors (Lipinski definition) is 1. The van der Waals surface area contributed by atoms with Crippen LogP contribution in [0.1, 0.15) is 47.2 Å². The van der Waals surface area contributed by atoms with Gasteiger partial charge >= 0.3 is 0 Å². The van der Waals surface area contributed by atoms with Crippen LogP contribution in [0.2, 0.25) is 0 Å². The van der Waals surface area contributed by atoms with Gasteiger partial charge in [-0.2, -0.15) is 0 Å². The molecule has 2 N–H and O–H groups in total. The number of carbonyl (C=O) groups is 2. The molecule has 27 heavy (non-hydrogen) atoms. The van der Waals surface area contributed by atoms with E-state index in [1.165, 1.54) is 16.9 Å². The van der Waals surface area contributed by atoms with Crippen LogP contribution in [-0.4, -0.2) is 34.3 Å². The number of rotatable bonds is 4. The van der Waals surface area contributed by atoms with Gasteiger partial charge in [0.1, 0.15) is 11.7 Å². The van der Waals surface area contributed by atoms with Gasteiger partial charge in [0.15, 0.2) is 0 Å². The Bertz CT molecular complexity index is 874. The monoisotopic (exact) mass is 383 g/mol. The van der Waals surface area contributed by atoms with E-state index in [-0.39, 0.29) is 11.8 Å². The molecule has 1 saturated carbocycles. The minimum Gasteiger partial charge on any atom is -0.368 e. The molecule has 5 nitrogen and oxygen atoms in total. The molecule has 2 heterocycles. The molecular weight excluding hydrogens is 358 g/mol. The Morgan fingerprint density at radius 2 is 2.00 bits per heavy atom. The fourth-order valence-corrected chi connectivity index (χ4v) is 5.59. The highest BCUT2D eigenvalue weighted by atomic mass is 32.1. The quantitative estimate of drug-likeness (QED) is 0.879. The maximum absolute atomic E-state index is 13.4. The van der Waals surface area contributed by atoms with Crippen LogP contribution >= 0.6 is 11.3 Å². The summed E-state index contributed by atoms with van der Waals surface area (Å²) in [5.74, 6) is 0.0441. The Hall–Kier alpha value is -2.21. The molecule has 1 aliphatic carbocycles. The lowest BCUT2D eigenvalue weighted by Crippen LogP contribution is -2.46. The molecule has 1 aromatic heterocycles. The van der Waals surface area contributed by atoms with Gasteiger partial charge < -0.3 is 10.6 Å². The number of aromatic nitrogens is 1. The van der Waals surface area contributed by atoms with Crippen LogP contribution in [0.3, 0.4) is 0 Å². The van der Waals surface area contributed by atoms with E-state index < -0.39 is 11.9 Å². The molecule has 2 fully saturated rings. The zero-order valence-corrected chi connectivity index (χ0v) is 16.6. The molecule has 142 valence electrons. The summed E-state index contributed by atoms with van der Waals surface area (Å²) < 4.78 is 0. The minimum absolute atomic E-state index is 0.160. The Kier molecular flexibility index (Phi) is 4.76. The third-order valence-electron chi connectivity index (χ3n) is 6.00. The third kappa shape index (κ3) is 3.16. The summed E-state index contributed by atoms with van der Waals surface area (Å²) in [5.41, 5.74) is 8.40. The first-order valence-electron chi connectivity index (χ1n) is 9.66. The van der Waals surface area contributed by atoms with Crippen molar-refractivity contribution in [1.29, 1.82) is 0 Å². The number of hydrogen-bond acceptors (Lipinski definition) is 4. The number of primary amides is 1. The highest BCUT2D eigenvalue weighted by Crippen LogP contribution is 2.43. The van der Waals surface area contributed by atoms with Crippen molar-refractivity contribution < 1.29 is 9.59 Å². The van der Waals surface area contributed by atoms with E-state index in [2.05, 4.69) is 24.0 Å². The molecule has 1 aromatic carbocycles. The highest BCUT2D eigenvalue weighted by molar-refractivity contribution is 7.15. The number of nitrogens with two attached hydrogens (primary N) is 1. The largest absolute Gasteiger partial charge is 0.368 e. The zero-order valence-electron chi connectivity index (χ0n) is 15.8. The fourth-order valence-electron chi connectivity index (χ4n) is 4.67. The minimum atomic E-state index is -0.498. The van der Waals surface area contributed by atoms with Crippen molar-refractivity contribution in [3.63, 3.8) is 0 Å². The molecule has 0 radical (unpaired) electrons. The van der Waals surface area contributed by atoms with E-state index in [4.69, 9.17) is 5.73 Å². The van der Waals surface area contributed by atoms with Crippen molar-refractivity contribution in [2.75, 3.05) is 6.54 Å². The van der Waals surface area contributed by atoms with Crippen molar-refractivity contribution in [3.05, 3.63) is 40.5 Å². The van der Waals surface area contributed by atoms with Gasteiger partial charge in [0.2, 0.25) is 5.91 Å². The fraction of sp³-hybridized carbons (Fsp3) is 0.476. The van der Waals surface area contributed by atoms with E-state index in [9.17, 15) is 9.59 Å². The SMILES string of the molecule is CCc1ccc(-c2sc(C)nc2C(=O)N2CC3CCCC3C2C(N)=O)cc1. The van der Waals surface area contributed by atoms with Crippen LogP contribution in [0.15, 0.2) is 24.3 Å². The van der Waals surface area contributed by atoms with Gasteiger partial charge in [0.05, 0.1) is 9.88 Å². The number of amides is 2. The van der Waals surface area contributed by atoms with Crippen LogP contribution in [0.5, 0.6) is 0 Å². The normalized spacial score (nSPS) is 24.2. The Morgan fingerprint density at radius 3 is 2.67 bits per heavy atom. The van der Waals surface area contributed by atoms with Crippen LogP contribution in [0.4, 0.5) is 0 Å². The molecule has 1 aliphatic heterocycles. The maximum atomic E-state index is 13.4. The lowest BCUT2D eigenvalue weighted by molar-refractivity contribution is -0.122. The standard InChI is InChI=1S/C21H25N3O2S/c1-3-13-7-9-14(10-8-13)19-17(23-12(2)27-19)21(26)24-11-15-5-4-6-16(15)18(24)20(22)25/h7-10,15-16,18H,3-6,11H2,1-2H3,(H2,22,25). The van der Waals surface area contributed by atoms with Gasteiger partial charge in [0, 0.05) is 6.54 Å². The molecule has 1 saturated heterocycles. The van der Waals surface area contributed by atoms with E-state index in [0.717, 1.165) is 41.1 Å². The second-order valence-electron chi connectivity index (χ2n) is 7.62. The van der Waals surface area contributed by atoms with Gasteiger partial charge in [0.25, 0.3) is 5.91 Å². The van der Waals surface area contributed by atoms with Gasteiger partial charge in [-0.15, -0.1) is 11.3 Å². The molecule has 2 aromatic rings. The lowest BCUT2D eigenvalue weighted by Gasteiger charge is -2.25. The second-order valence-corrected chi connectivity index (χ2v) is 8.82. The Balaban J connectivity index is 1.69. The molecule has 4 rings (SSSR count). The van der Waals surface area contributed by atoms with E-state index >= 15 is 0 Å². The molecule has 0 bridgehead atoms. The molecule has 2 aliphatic rings. The summed E-state index contributed by atoms with van der Waals surface area (Å²) in [6, 6.07) is 7.78. The Morgan fingerprint density at radius 1 is 1.26 bits per heavy atom. The van der Waals surface area contributed by atoms with Crippen molar-refractivity contribution in [2.45, 2.75) is 45.6 Å². The van der Waals surface area contributed by atoms with Crippen molar-refractivity contribution >= 4 is 23.2 Å². The molecular formula is C21H25N3O2S. The predicted molar refractivity (Wildman–Crippen MR) is 107 cm³/mol. The zero-order chi connectivity index (χ0) is 19.1. The second kappa shape index (κ2) is 7.08. The van der Waals surface area contributed by atoms with E-state index in [0.29, 0.717) is 18.2 Å².